The van der Waals surface area contributed by atoms with E-state index in [2.05, 4.69) is 10.6 Å². The second-order valence-electron chi connectivity index (χ2n) is 4.97. The number of rotatable bonds is 4. The third kappa shape index (κ3) is 4.37. The van der Waals surface area contributed by atoms with Gasteiger partial charge in [0.05, 0.1) is 6.04 Å². The number of nitrogens with one attached hydrogen (secondary N) is 2. The highest BCUT2D eigenvalue weighted by Crippen LogP contribution is 2.20. The zero-order valence-electron chi connectivity index (χ0n) is 11.8. The topological polar surface area (TPSA) is 84.2 Å². The highest BCUT2D eigenvalue weighted by Gasteiger charge is 2.17. The molecule has 0 aliphatic rings. The Hall–Kier alpha value is -1.88. The number of carbonyl (C=O) groups excluding carboxylic acids is 2. The molecule has 5 heteroatoms. The highest BCUT2D eigenvalue weighted by molar-refractivity contribution is 5.96. The summed E-state index contributed by atoms with van der Waals surface area (Å²) in [6, 6.07) is 4.79. The first-order chi connectivity index (χ1) is 8.81. The standard InChI is InChI=1S/C14H21N3O2/c1-8(2)13(15)14(19)17-11-6-5-9(3)12(7-11)16-10(4)18/h5-8,13H,15H2,1-4H3,(H,16,18)(H,17,19)/t13-/m0/s1. The van der Waals surface area contributed by atoms with Crippen LogP contribution in [0, 0.1) is 12.8 Å². The number of carbonyl (C=O) groups is 2. The number of hydrogen-bond acceptors (Lipinski definition) is 3. The Balaban J connectivity index is 2.85. The molecule has 0 radical (unpaired) electrons. The van der Waals surface area contributed by atoms with E-state index in [0.29, 0.717) is 11.4 Å². The minimum Gasteiger partial charge on any atom is -0.326 e. The Bertz CT molecular complexity index is 484. The van der Waals surface area contributed by atoms with E-state index >= 15 is 0 Å². The number of benzene rings is 1. The van der Waals surface area contributed by atoms with E-state index in [1.807, 2.05) is 26.8 Å². The average molecular weight is 263 g/mol. The summed E-state index contributed by atoms with van der Waals surface area (Å²) in [7, 11) is 0. The lowest BCUT2D eigenvalue weighted by molar-refractivity contribution is -0.118. The van der Waals surface area contributed by atoms with E-state index in [9.17, 15) is 9.59 Å². The van der Waals surface area contributed by atoms with E-state index < -0.39 is 6.04 Å². The van der Waals surface area contributed by atoms with Gasteiger partial charge in [-0.1, -0.05) is 19.9 Å². The van der Waals surface area contributed by atoms with E-state index in [1.165, 1.54) is 6.92 Å². The fourth-order valence-corrected chi connectivity index (χ4v) is 1.55. The van der Waals surface area contributed by atoms with Gasteiger partial charge in [-0.15, -0.1) is 0 Å². The Morgan fingerprint density at radius 2 is 1.84 bits per heavy atom. The van der Waals surface area contributed by atoms with Crippen molar-refractivity contribution in [3.05, 3.63) is 23.8 Å². The van der Waals surface area contributed by atoms with Gasteiger partial charge in [0.15, 0.2) is 0 Å². The van der Waals surface area contributed by atoms with E-state index in [1.54, 1.807) is 12.1 Å². The maximum atomic E-state index is 11.8. The van der Waals surface area contributed by atoms with Crippen molar-refractivity contribution in [3.63, 3.8) is 0 Å². The van der Waals surface area contributed by atoms with Crippen molar-refractivity contribution < 1.29 is 9.59 Å². The number of amides is 2. The molecule has 0 fully saturated rings. The highest BCUT2D eigenvalue weighted by atomic mass is 16.2. The molecule has 4 N–H and O–H groups in total. The van der Waals surface area contributed by atoms with Crippen LogP contribution < -0.4 is 16.4 Å². The fraction of sp³-hybridized carbons (Fsp3) is 0.429. The lowest BCUT2D eigenvalue weighted by atomic mass is 10.0. The third-order valence-electron chi connectivity index (χ3n) is 2.84. The summed E-state index contributed by atoms with van der Waals surface area (Å²) in [5, 5.41) is 5.47. The molecule has 1 rings (SSSR count). The summed E-state index contributed by atoms with van der Waals surface area (Å²) in [5.74, 6) is -0.307. The predicted octanol–water partition coefficient (Wildman–Crippen LogP) is 1.88. The molecule has 0 spiro atoms. The quantitative estimate of drug-likeness (QED) is 0.775. The minimum atomic E-state index is -0.550. The van der Waals surface area contributed by atoms with Crippen molar-refractivity contribution >= 4 is 23.2 Å². The molecule has 104 valence electrons. The molecule has 0 heterocycles. The van der Waals surface area contributed by atoms with Gasteiger partial charge in [0.2, 0.25) is 11.8 Å². The van der Waals surface area contributed by atoms with Gasteiger partial charge in [0.1, 0.15) is 0 Å². The summed E-state index contributed by atoms with van der Waals surface area (Å²) < 4.78 is 0. The molecule has 0 saturated heterocycles. The van der Waals surface area contributed by atoms with E-state index in [0.717, 1.165) is 5.56 Å². The second kappa shape index (κ2) is 6.33. The zero-order chi connectivity index (χ0) is 14.6. The molecule has 0 unspecified atom stereocenters. The second-order valence-corrected chi connectivity index (χ2v) is 4.97. The van der Waals surface area contributed by atoms with Crippen LogP contribution in [0.1, 0.15) is 26.3 Å². The molecular formula is C14H21N3O2. The molecular weight excluding hydrogens is 242 g/mol. The molecule has 1 aromatic carbocycles. The van der Waals surface area contributed by atoms with Gasteiger partial charge in [-0.05, 0) is 30.5 Å². The van der Waals surface area contributed by atoms with Gasteiger partial charge in [0, 0.05) is 18.3 Å². The molecule has 2 amide bonds. The number of nitrogens with two attached hydrogens (primary N) is 1. The predicted molar refractivity (Wildman–Crippen MR) is 76.9 cm³/mol. The van der Waals surface area contributed by atoms with Crippen molar-refractivity contribution in [1.82, 2.24) is 0 Å². The van der Waals surface area contributed by atoms with Crippen molar-refractivity contribution in [3.8, 4) is 0 Å². The smallest absolute Gasteiger partial charge is 0.241 e. The Kier molecular flexibility index (Phi) is 5.06. The Morgan fingerprint density at radius 1 is 1.21 bits per heavy atom. The lowest BCUT2D eigenvalue weighted by Gasteiger charge is -2.16. The van der Waals surface area contributed by atoms with Gasteiger partial charge < -0.3 is 16.4 Å². The first-order valence-electron chi connectivity index (χ1n) is 6.26. The molecule has 0 aromatic heterocycles. The molecule has 1 atom stereocenters. The van der Waals surface area contributed by atoms with E-state index in [4.69, 9.17) is 5.73 Å². The molecule has 5 nitrogen and oxygen atoms in total. The molecule has 0 saturated carbocycles. The van der Waals surface area contributed by atoms with Crippen LogP contribution in [0.3, 0.4) is 0 Å². The molecule has 0 bridgehead atoms. The number of anilines is 2. The maximum absolute atomic E-state index is 11.8. The summed E-state index contributed by atoms with van der Waals surface area (Å²) in [4.78, 5) is 22.9. The molecule has 1 aromatic rings. The summed E-state index contributed by atoms with van der Waals surface area (Å²) in [6.45, 7) is 7.11. The molecule has 0 aliphatic heterocycles. The van der Waals surface area contributed by atoms with Crippen LogP contribution >= 0.6 is 0 Å². The van der Waals surface area contributed by atoms with Gasteiger partial charge >= 0.3 is 0 Å². The number of aryl methyl sites for hydroxylation is 1. The third-order valence-corrected chi connectivity index (χ3v) is 2.84. The average Bonchev–Trinajstić information content (AvgIpc) is 2.31. The van der Waals surface area contributed by atoms with Crippen LogP contribution in [0.4, 0.5) is 11.4 Å². The number of hydrogen-bond donors (Lipinski definition) is 3. The first kappa shape index (κ1) is 15.2. The SMILES string of the molecule is CC(=O)Nc1cc(NC(=O)[C@@H](N)C(C)C)ccc1C. The Morgan fingerprint density at radius 3 is 2.37 bits per heavy atom. The van der Waals surface area contributed by atoms with Gasteiger partial charge in [-0.25, -0.2) is 0 Å². The van der Waals surface area contributed by atoms with Crippen LogP contribution in [-0.2, 0) is 9.59 Å². The van der Waals surface area contributed by atoms with Crippen molar-refractivity contribution in [1.29, 1.82) is 0 Å². The maximum Gasteiger partial charge on any atom is 0.241 e. The van der Waals surface area contributed by atoms with Crippen molar-refractivity contribution in [2.24, 2.45) is 11.7 Å². The van der Waals surface area contributed by atoms with Gasteiger partial charge in [-0.2, -0.15) is 0 Å². The van der Waals surface area contributed by atoms with Gasteiger partial charge in [0.25, 0.3) is 0 Å². The monoisotopic (exact) mass is 263 g/mol. The van der Waals surface area contributed by atoms with Gasteiger partial charge in [-0.3, -0.25) is 9.59 Å². The van der Waals surface area contributed by atoms with Crippen LogP contribution in [-0.4, -0.2) is 17.9 Å². The van der Waals surface area contributed by atoms with Crippen LogP contribution in [0.15, 0.2) is 18.2 Å². The minimum absolute atomic E-state index is 0.0697. The molecule has 19 heavy (non-hydrogen) atoms. The van der Waals surface area contributed by atoms with Crippen LogP contribution in [0.25, 0.3) is 0 Å². The van der Waals surface area contributed by atoms with E-state index in [-0.39, 0.29) is 17.7 Å². The Labute approximate surface area is 113 Å². The summed E-state index contributed by atoms with van der Waals surface area (Å²) >= 11 is 0. The fourth-order valence-electron chi connectivity index (χ4n) is 1.55. The van der Waals surface area contributed by atoms with Crippen LogP contribution in [0.5, 0.6) is 0 Å². The molecule has 0 aliphatic carbocycles. The summed E-state index contributed by atoms with van der Waals surface area (Å²) in [6.07, 6.45) is 0. The van der Waals surface area contributed by atoms with Crippen molar-refractivity contribution in [2.75, 3.05) is 10.6 Å². The van der Waals surface area contributed by atoms with Crippen LogP contribution in [0.2, 0.25) is 0 Å². The first-order valence-corrected chi connectivity index (χ1v) is 6.26. The largest absolute Gasteiger partial charge is 0.326 e. The summed E-state index contributed by atoms with van der Waals surface area (Å²) in [5.41, 5.74) is 8.01. The van der Waals surface area contributed by atoms with Crippen molar-refractivity contribution in [2.45, 2.75) is 33.7 Å². The lowest BCUT2D eigenvalue weighted by Crippen LogP contribution is -2.39. The zero-order valence-corrected chi connectivity index (χ0v) is 11.8. The normalized spacial score (nSPS) is 12.1.